The van der Waals surface area contributed by atoms with Gasteiger partial charge in [-0.1, -0.05) is 54.2 Å². The normalized spacial score (nSPS) is 17.5. The topological polar surface area (TPSA) is 82.1 Å². The van der Waals surface area contributed by atoms with Gasteiger partial charge >= 0.3 is 0 Å². The number of benzene rings is 2. The molecule has 0 saturated carbocycles. The zero-order chi connectivity index (χ0) is 16.2. The van der Waals surface area contributed by atoms with Crippen LogP contribution in [-0.2, 0) is 9.59 Å². The van der Waals surface area contributed by atoms with Crippen LogP contribution in [0.3, 0.4) is 0 Å². The molecule has 2 amide bonds. The van der Waals surface area contributed by atoms with Crippen LogP contribution in [0.5, 0.6) is 0 Å². The van der Waals surface area contributed by atoms with Crippen molar-refractivity contribution in [3.05, 3.63) is 54.6 Å². The van der Waals surface area contributed by atoms with Gasteiger partial charge in [0.1, 0.15) is 5.25 Å². The molecule has 2 aromatic carbocycles. The van der Waals surface area contributed by atoms with E-state index in [1.807, 2.05) is 54.6 Å². The van der Waals surface area contributed by atoms with Gasteiger partial charge in [-0.05, 0) is 23.3 Å². The molecule has 3 N–H and O–H groups in total. The minimum atomic E-state index is -0.565. The van der Waals surface area contributed by atoms with Crippen LogP contribution in [0.15, 0.2) is 54.6 Å². The van der Waals surface area contributed by atoms with E-state index in [4.69, 9.17) is 5.41 Å². The van der Waals surface area contributed by atoms with Crippen LogP contribution >= 0.6 is 11.8 Å². The van der Waals surface area contributed by atoms with E-state index in [1.165, 1.54) is 0 Å². The maximum Gasteiger partial charge on any atom is 0.238 e. The molecule has 5 nitrogen and oxygen atoms in total. The number of carbonyl (C=O) groups is 2. The minimum absolute atomic E-state index is 0.0147. The molecule has 0 aromatic heterocycles. The van der Waals surface area contributed by atoms with Crippen molar-refractivity contribution in [3.8, 4) is 11.1 Å². The van der Waals surface area contributed by atoms with E-state index in [2.05, 4.69) is 10.6 Å². The number of thioether (sulfide) groups is 1. The van der Waals surface area contributed by atoms with Crippen LogP contribution in [0.1, 0.15) is 6.42 Å². The van der Waals surface area contributed by atoms with Gasteiger partial charge in [0.05, 0.1) is 0 Å². The number of nitrogens with one attached hydrogen (secondary N) is 3. The van der Waals surface area contributed by atoms with Gasteiger partial charge in [0.2, 0.25) is 11.8 Å². The predicted molar refractivity (Wildman–Crippen MR) is 92.4 cm³/mol. The lowest BCUT2D eigenvalue weighted by molar-refractivity contribution is -0.123. The average Bonchev–Trinajstić information content (AvgIpc) is 2.55. The Kier molecular flexibility index (Phi) is 4.43. The Morgan fingerprint density at radius 3 is 2.39 bits per heavy atom. The summed E-state index contributed by atoms with van der Waals surface area (Å²) in [5.41, 5.74) is 2.85. The Bertz CT molecular complexity index is 728. The monoisotopic (exact) mass is 325 g/mol. The molecule has 6 heteroatoms. The second kappa shape index (κ2) is 6.66. The van der Waals surface area contributed by atoms with Gasteiger partial charge in [-0.2, -0.15) is 0 Å². The molecular formula is C17H15N3O2S. The summed E-state index contributed by atoms with van der Waals surface area (Å²) in [5, 5.41) is 12.1. The second-order valence-corrected chi connectivity index (χ2v) is 6.33. The summed E-state index contributed by atoms with van der Waals surface area (Å²) in [6.07, 6.45) is 0.0843. The minimum Gasteiger partial charge on any atom is -0.325 e. The van der Waals surface area contributed by atoms with Crippen molar-refractivity contribution in [1.82, 2.24) is 5.32 Å². The van der Waals surface area contributed by atoms with Gasteiger partial charge in [-0.3, -0.25) is 15.0 Å². The Balaban J connectivity index is 1.67. The standard InChI is InChI=1S/C17H15N3O2S/c18-17-20-15(21)10-14(23-17)16(22)19-13-8-6-12(7-9-13)11-4-2-1-3-5-11/h1-9,14H,10H2,(H,19,22)(H2,18,20,21). The van der Waals surface area contributed by atoms with Crippen LogP contribution in [0.2, 0.25) is 0 Å². The SMILES string of the molecule is N=C1NC(=O)CC(C(=O)Nc2ccc(-c3ccccc3)cc2)S1. The Hall–Kier alpha value is -2.60. The molecule has 0 spiro atoms. The third-order valence-electron chi connectivity index (χ3n) is 3.44. The number of hydrogen-bond donors (Lipinski definition) is 3. The van der Waals surface area contributed by atoms with Crippen LogP contribution in [-0.4, -0.2) is 22.2 Å². The van der Waals surface area contributed by atoms with Crippen molar-refractivity contribution in [2.24, 2.45) is 0 Å². The molecule has 1 saturated heterocycles. The van der Waals surface area contributed by atoms with E-state index < -0.39 is 5.25 Å². The van der Waals surface area contributed by atoms with E-state index in [9.17, 15) is 9.59 Å². The van der Waals surface area contributed by atoms with Gasteiger partial charge in [0.25, 0.3) is 0 Å². The van der Waals surface area contributed by atoms with Crippen LogP contribution in [0.25, 0.3) is 11.1 Å². The number of anilines is 1. The van der Waals surface area contributed by atoms with Crippen molar-refractivity contribution in [2.75, 3.05) is 5.32 Å². The Morgan fingerprint density at radius 1 is 1.09 bits per heavy atom. The first-order valence-corrected chi connectivity index (χ1v) is 8.01. The third kappa shape index (κ3) is 3.78. The first-order valence-electron chi connectivity index (χ1n) is 7.13. The van der Waals surface area contributed by atoms with Crippen LogP contribution in [0, 0.1) is 5.41 Å². The molecule has 0 bridgehead atoms. The van der Waals surface area contributed by atoms with E-state index >= 15 is 0 Å². The molecule has 3 rings (SSSR count). The van der Waals surface area contributed by atoms with Gasteiger partial charge in [0.15, 0.2) is 5.17 Å². The highest BCUT2D eigenvalue weighted by atomic mass is 32.2. The molecule has 1 atom stereocenters. The summed E-state index contributed by atoms with van der Waals surface area (Å²) in [4.78, 5) is 23.6. The van der Waals surface area contributed by atoms with Crippen molar-refractivity contribution in [1.29, 1.82) is 5.41 Å². The largest absolute Gasteiger partial charge is 0.325 e. The highest BCUT2D eigenvalue weighted by molar-refractivity contribution is 8.15. The maximum atomic E-state index is 12.2. The number of rotatable bonds is 3. The quantitative estimate of drug-likeness (QED) is 0.811. The zero-order valence-corrected chi connectivity index (χ0v) is 13.0. The molecule has 1 aliphatic rings. The summed E-state index contributed by atoms with van der Waals surface area (Å²) in [6, 6.07) is 17.5. The lowest BCUT2D eigenvalue weighted by Crippen LogP contribution is -2.41. The summed E-state index contributed by atoms with van der Waals surface area (Å²) in [5.74, 6) is -0.560. The average molecular weight is 325 g/mol. The molecule has 1 unspecified atom stereocenters. The Labute approximate surface area is 138 Å². The summed E-state index contributed by atoms with van der Waals surface area (Å²) in [6.45, 7) is 0. The summed E-state index contributed by atoms with van der Waals surface area (Å²) < 4.78 is 0. The lowest BCUT2D eigenvalue weighted by atomic mass is 10.1. The van der Waals surface area contributed by atoms with Crippen LogP contribution in [0.4, 0.5) is 5.69 Å². The third-order valence-corrected chi connectivity index (χ3v) is 4.44. The highest BCUT2D eigenvalue weighted by Crippen LogP contribution is 2.23. The molecule has 1 aliphatic heterocycles. The van der Waals surface area contributed by atoms with Crippen LogP contribution < -0.4 is 10.6 Å². The Morgan fingerprint density at radius 2 is 1.74 bits per heavy atom. The number of amidine groups is 1. The molecule has 0 aliphatic carbocycles. The first-order chi connectivity index (χ1) is 11.1. The van der Waals surface area contributed by atoms with Gasteiger partial charge in [-0.15, -0.1) is 0 Å². The van der Waals surface area contributed by atoms with E-state index in [-0.39, 0.29) is 23.4 Å². The summed E-state index contributed by atoms with van der Waals surface area (Å²) in [7, 11) is 0. The lowest BCUT2D eigenvalue weighted by Gasteiger charge is -2.21. The number of hydrogen-bond acceptors (Lipinski definition) is 4. The number of carbonyl (C=O) groups excluding carboxylic acids is 2. The molecule has 116 valence electrons. The molecule has 0 radical (unpaired) electrons. The molecular weight excluding hydrogens is 310 g/mol. The van der Waals surface area contributed by atoms with Crippen molar-refractivity contribution in [3.63, 3.8) is 0 Å². The summed E-state index contributed by atoms with van der Waals surface area (Å²) >= 11 is 1.06. The second-order valence-electron chi connectivity index (χ2n) is 5.12. The fourth-order valence-electron chi connectivity index (χ4n) is 2.31. The van der Waals surface area contributed by atoms with E-state index in [0.29, 0.717) is 5.69 Å². The van der Waals surface area contributed by atoms with Gasteiger partial charge in [-0.25, -0.2) is 0 Å². The maximum absolute atomic E-state index is 12.2. The zero-order valence-electron chi connectivity index (χ0n) is 12.2. The van der Waals surface area contributed by atoms with Crippen molar-refractivity contribution >= 4 is 34.4 Å². The fourth-order valence-corrected chi connectivity index (χ4v) is 3.16. The highest BCUT2D eigenvalue weighted by Gasteiger charge is 2.29. The van der Waals surface area contributed by atoms with Gasteiger partial charge < -0.3 is 10.6 Å². The first kappa shape index (κ1) is 15.3. The van der Waals surface area contributed by atoms with E-state index in [1.54, 1.807) is 0 Å². The number of amides is 2. The molecule has 1 heterocycles. The van der Waals surface area contributed by atoms with Gasteiger partial charge in [0, 0.05) is 12.1 Å². The van der Waals surface area contributed by atoms with Crippen molar-refractivity contribution < 1.29 is 9.59 Å². The van der Waals surface area contributed by atoms with Crippen molar-refractivity contribution in [2.45, 2.75) is 11.7 Å². The predicted octanol–water partition coefficient (Wildman–Crippen LogP) is 2.85. The smallest absolute Gasteiger partial charge is 0.238 e. The molecule has 23 heavy (non-hydrogen) atoms. The molecule has 1 fully saturated rings. The fraction of sp³-hybridized carbons (Fsp3) is 0.118. The van der Waals surface area contributed by atoms with E-state index in [0.717, 1.165) is 22.9 Å². The molecule has 2 aromatic rings.